The highest BCUT2D eigenvalue weighted by Crippen LogP contribution is 2.46. The Hall–Kier alpha value is -2.31. The van der Waals surface area contributed by atoms with Crippen LogP contribution in [0.25, 0.3) is 0 Å². The molecule has 1 aliphatic rings. The summed E-state index contributed by atoms with van der Waals surface area (Å²) < 4.78 is 26.4. The fourth-order valence-electron chi connectivity index (χ4n) is 2.59. The first kappa shape index (κ1) is 14.6. The second-order valence-corrected chi connectivity index (χ2v) is 5.48. The van der Waals surface area contributed by atoms with Gasteiger partial charge in [0.05, 0.1) is 0 Å². The highest BCUT2D eigenvalue weighted by atomic mass is 19.3. The molecule has 0 aromatic carbocycles. The van der Waals surface area contributed by atoms with Crippen molar-refractivity contribution in [2.75, 3.05) is 6.54 Å². The number of hydrogen-bond acceptors (Lipinski definition) is 3. The minimum Gasteiger partial charge on any atom is -0.350 e. The molecule has 2 heterocycles. The number of hydrogen-bond donors (Lipinski definition) is 1. The van der Waals surface area contributed by atoms with Crippen LogP contribution < -0.4 is 5.32 Å². The molecule has 0 aliphatic heterocycles. The lowest BCUT2D eigenvalue weighted by atomic mass is 10.1. The first-order chi connectivity index (χ1) is 10.6. The van der Waals surface area contributed by atoms with E-state index in [2.05, 4.69) is 15.4 Å². The van der Waals surface area contributed by atoms with Crippen molar-refractivity contribution in [1.29, 1.82) is 0 Å². The smallest absolute Gasteiger partial charge is 0.280 e. The Labute approximate surface area is 126 Å². The van der Waals surface area contributed by atoms with Crippen molar-refractivity contribution in [2.24, 2.45) is 13.0 Å². The number of nitrogens with zero attached hydrogens (tertiary/aromatic N) is 3. The zero-order chi connectivity index (χ0) is 15.7. The van der Waals surface area contributed by atoms with Crippen molar-refractivity contribution < 1.29 is 13.6 Å². The number of pyridine rings is 1. The molecule has 22 heavy (non-hydrogen) atoms. The third kappa shape index (κ3) is 2.98. The summed E-state index contributed by atoms with van der Waals surface area (Å²) in [5.41, 5.74) is 0.931. The van der Waals surface area contributed by atoms with E-state index in [1.807, 2.05) is 18.3 Å². The van der Waals surface area contributed by atoms with E-state index < -0.39 is 12.3 Å². The van der Waals surface area contributed by atoms with E-state index in [1.165, 1.54) is 12.6 Å². The van der Waals surface area contributed by atoms with Crippen LogP contribution in [-0.4, -0.2) is 27.2 Å². The Morgan fingerprint density at radius 1 is 1.55 bits per heavy atom. The number of aromatic nitrogens is 3. The number of halogens is 2. The summed E-state index contributed by atoms with van der Waals surface area (Å²) in [7, 11) is 1.40. The summed E-state index contributed by atoms with van der Waals surface area (Å²) in [6.07, 6.45) is 1.92. The molecular formula is C15H16F2N4O. The molecule has 2 atom stereocenters. The zero-order valence-corrected chi connectivity index (χ0v) is 12.0. The van der Waals surface area contributed by atoms with Crippen molar-refractivity contribution >= 4 is 5.91 Å². The number of carbonyl (C=O) groups excluding carboxylic acids is 1. The lowest BCUT2D eigenvalue weighted by Crippen LogP contribution is -2.26. The van der Waals surface area contributed by atoms with Crippen LogP contribution >= 0.6 is 0 Å². The van der Waals surface area contributed by atoms with Crippen LogP contribution in [0.4, 0.5) is 8.78 Å². The average molecular weight is 306 g/mol. The zero-order valence-electron chi connectivity index (χ0n) is 12.0. The molecule has 7 heteroatoms. The number of alkyl halides is 2. The summed E-state index contributed by atoms with van der Waals surface area (Å²) in [6.45, 7) is 0.513. The van der Waals surface area contributed by atoms with E-state index in [0.29, 0.717) is 18.4 Å². The minimum atomic E-state index is -2.64. The van der Waals surface area contributed by atoms with Gasteiger partial charge in [0.1, 0.15) is 5.69 Å². The molecular weight excluding hydrogens is 290 g/mol. The van der Waals surface area contributed by atoms with E-state index in [-0.39, 0.29) is 11.4 Å². The number of aryl methyl sites for hydroxylation is 1. The number of nitrogens with one attached hydrogen (secondary N) is 1. The SMILES string of the molecule is Cn1nc(C(=O)NC[C@@H]2C[C@H]2c2cccnc2)cc1C(F)F. The van der Waals surface area contributed by atoms with Gasteiger partial charge in [-0.15, -0.1) is 0 Å². The quantitative estimate of drug-likeness (QED) is 0.922. The first-order valence-electron chi connectivity index (χ1n) is 7.06. The second-order valence-electron chi connectivity index (χ2n) is 5.48. The normalized spacial score (nSPS) is 20.2. The average Bonchev–Trinajstić information content (AvgIpc) is 3.18. The molecule has 0 radical (unpaired) electrons. The van der Waals surface area contributed by atoms with E-state index in [9.17, 15) is 13.6 Å². The summed E-state index contributed by atoms with van der Waals surface area (Å²) in [5.74, 6) is 0.361. The van der Waals surface area contributed by atoms with Gasteiger partial charge in [0.2, 0.25) is 0 Å². The number of rotatable bonds is 5. The maximum Gasteiger partial charge on any atom is 0.280 e. The van der Waals surface area contributed by atoms with Crippen LogP contribution in [0.2, 0.25) is 0 Å². The predicted octanol–water partition coefficient (Wildman–Crippen LogP) is 2.29. The molecule has 2 aromatic heterocycles. The molecule has 0 unspecified atom stereocenters. The Morgan fingerprint density at radius 3 is 3.00 bits per heavy atom. The molecule has 0 spiro atoms. The molecule has 1 N–H and O–H groups in total. The van der Waals surface area contributed by atoms with Crippen molar-refractivity contribution in [3.05, 3.63) is 47.5 Å². The number of carbonyl (C=O) groups is 1. The molecule has 1 saturated carbocycles. The van der Waals surface area contributed by atoms with Crippen LogP contribution in [0.5, 0.6) is 0 Å². The molecule has 3 rings (SSSR count). The Morgan fingerprint density at radius 2 is 2.36 bits per heavy atom. The van der Waals surface area contributed by atoms with Crippen LogP contribution in [0.15, 0.2) is 30.6 Å². The largest absolute Gasteiger partial charge is 0.350 e. The van der Waals surface area contributed by atoms with Gasteiger partial charge in [-0.2, -0.15) is 5.10 Å². The minimum absolute atomic E-state index is 0.0244. The summed E-state index contributed by atoms with van der Waals surface area (Å²) in [4.78, 5) is 16.0. The fraction of sp³-hybridized carbons (Fsp3) is 0.400. The lowest BCUT2D eigenvalue weighted by molar-refractivity contribution is 0.0946. The van der Waals surface area contributed by atoms with Crippen molar-refractivity contribution in [2.45, 2.75) is 18.8 Å². The van der Waals surface area contributed by atoms with Crippen LogP contribution in [0.1, 0.15) is 40.5 Å². The van der Waals surface area contributed by atoms with E-state index in [4.69, 9.17) is 0 Å². The molecule has 116 valence electrons. The van der Waals surface area contributed by atoms with Gasteiger partial charge in [-0.1, -0.05) is 6.07 Å². The van der Waals surface area contributed by atoms with Crippen LogP contribution in [0.3, 0.4) is 0 Å². The van der Waals surface area contributed by atoms with Gasteiger partial charge in [0.15, 0.2) is 5.69 Å². The summed E-state index contributed by atoms with van der Waals surface area (Å²) in [6, 6.07) is 5.04. The third-order valence-electron chi connectivity index (χ3n) is 3.93. The highest BCUT2D eigenvalue weighted by molar-refractivity contribution is 5.92. The van der Waals surface area contributed by atoms with E-state index >= 15 is 0 Å². The van der Waals surface area contributed by atoms with Crippen molar-refractivity contribution in [3.8, 4) is 0 Å². The highest BCUT2D eigenvalue weighted by Gasteiger charge is 2.38. The number of amides is 1. The Kier molecular flexibility index (Phi) is 3.87. The van der Waals surface area contributed by atoms with Crippen LogP contribution in [0, 0.1) is 5.92 Å². The van der Waals surface area contributed by atoms with Gasteiger partial charge in [0, 0.05) is 26.0 Å². The van der Waals surface area contributed by atoms with Gasteiger partial charge >= 0.3 is 0 Å². The molecule has 0 bridgehead atoms. The second kappa shape index (κ2) is 5.82. The fourth-order valence-corrected chi connectivity index (χ4v) is 2.59. The van der Waals surface area contributed by atoms with Gasteiger partial charge in [0.25, 0.3) is 12.3 Å². The Balaban J connectivity index is 1.55. The van der Waals surface area contributed by atoms with E-state index in [0.717, 1.165) is 17.2 Å². The maximum atomic E-state index is 12.7. The molecule has 1 fully saturated rings. The van der Waals surface area contributed by atoms with Gasteiger partial charge < -0.3 is 5.32 Å². The van der Waals surface area contributed by atoms with Crippen LogP contribution in [-0.2, 0) is 7.05 Å². The third-order valence-corrected chi connectivity index (χ3v) is 3.93. The van der Waals surface area contributed by atoms with Crippen molar-refractivity contribution in [1.82, 2.24) is 20.1 Å². The first-order valence-corrected chi connectivity index (χ1v) is 7.06. The van der Waals surface area contributed by atoms with Gasteiger partial charge in [-0.3, -0.25) is 14.5 Å². The predicted molar refractivity (Wildman–Crippen MR) is 75.6 cm³/mol. The molecule has 1 amide bonds. The topological polar surface area (TPSA) is 59.8 Å². The van der Waals surface area contributed by atoms with E-state index in [1.54, 1.807) is 6.20 Å². The van der Waals surface area contributed by atoms with Gasteiger partial charge in [-0.05, 0) is 36.0 Å². The summed E-state index contributed by atoms with van der Waals surface area (Å²) in [5, 5.41) is 6.58. The summed E-state index contributed by atoms with van der Waals surface area (Å²) >= 11 is 0. The Bertz CT molecular complexity index is 671. The standard InChI is InChI=1S/C15H16F2N4O/c1-21-13(14(16)17)6-12(20-21)15(22)19-8-10-5-11(10)9-3-2-4-18-7-9/h2-4,6-7,10-11,14H,5,8H2,1H3,(H,19,22)/t10-,11-/m0/s1. The van der Waals surface area contributed by atoms with Crippen molar-refractivity contribution in [3.63, 3.8) is 0 Å². The molecule has 1 aliphatic carbocycles. The van der Waals surface area contributed by atoms with Gasteiger partial charge in [-0.25, -0.2) is 8.78 Å². The molecule has 5 nitrogen and oxygen atoms in total. The maximum absolute atomic E-state index is 12.7. The molecule has 2 aromatic rings. The monoisotopic (exact) mass is 306 g/mol. The molecule has 0 saturated heterocycles. The lowest BCUT2D eigenvalue weighted by Gasteiger charge is -2.02.